The zero-order valence-electron chi connectivity index (χ0n) is 10.5. The van der Waals surface area contributed by atoms with Crippen molar-refractivity contribution in [1.29, 1.82) is 0 Å². The largest absolute Gasteiger partial charge is 0.460 e. The van der Waals surface area contributed by atoms with Gasteiger partial charge in [0.25, 0.3) is 0 Å². The summed E-state index contributed by atoms with van der Waals surface area (Å²) in [6.07, 6.45) is 0.585. The highest BCUT2D eigenvalue weighted by molar-refractivity contribution is 6.20. The van der Waals surface area contributed by atoms with Gasteiger partial charge in [-0.3, -0.25) is 4.79 Å². The van der Waals surface area contributed by atoms with E-state index in [0.29, 0.717) is 6.42 Å². The zero-order chi connectivity index (χ0) is 12.8. The molecule has 0 radical (unpaired) electrons. The first-order valence-corrected chi connectivity index (χ1v) is 5.15. The molecule has 0 atom stereocenters. The molecule has 0 rings (SSSR count). The summed E-state index contributed by atoms with van der Waals surface area (Å²) >= 11 is 0. The number of ether oxygens (including phenoxy) is 1. The molecule has 0 heterocycles. The Morgan fingerprint density at radius 2 is 1.69 bits per heavy atom. The van der Waals surface area contributed by atoms with Gasteiger partial charge >= 0.3 is 5.97 Å². The van der Waals surface area contributed by atoms with Gasteiger partial charge in [-0.2, -0.15) is 0 Å². The van der Waals surface area contributed by atoms with E-state index in [9.17, 15) is 9.59 Å². The minimum atomic E-state index is -0.868. The molecule has 5 heteroatoms. The normalized spacial score (nSPS) is 12.3. The molecule has 5 nitrogen and oxygen atoms in total. The van der Waals surface area contributed by atoms with Crippen molar-refractivity contribution < 1.29 is 24.1 Å². The molecule has 0 aromatic rings. The fourth-order valence-electron chi connectivity index (χ4n) is 0.711. The van der Waals surface area contributed by atoms with Crippen molar-refractivity contribution in [2.24, 2.45) is 0 Å². The first-order valence-electron chi connectivity index (χ1n) is 5.15. The predicted molar refractivity (Wildman–Crippen MR) is 57.6 cm³/mol. The first-order chi connectivity index (χ1) is 7.16. The summed E-state index contributed by atoms with van der Waals surface area (Å²) in [5, 5.41) is 0. The van der Waals surface area contributed by atoms with Crippen LogP contribution in [0, 0.1) is 0 Å². The Hall–Kier alpha value is -0.940. The lowest BCUT2D eigenvalue weighted by molar-refractivity contribution is -0.398. The molecule has 0 amide bonds. The number of carbonyl (C=O) groups excluding carboxylic acids is 2. The van der Waals surface area contributed by atoms with Crippen LogP contribution in [0.5, 0.6) is 0 Å². The molecule has 0 N–H and O–H groups in total. The van der Waals surface area contributed by atoms with Crippen LogP contribution in [-0.2, 0) is 24.1 Å². The highest BCUT2D eigenvalue weighted by Crippen LogP contribution is 2.19. The van der Waals surface area contributed by atoms with Crippen molar-refractivity contribution >= 4 is 12.3 Å². The van der Waals surface area contributed by atoms with E-state index in [4.69, 9.17) is 9.78 Å². The average Bonchev–Trinajstić information content (AvgIpc) is 2.13. The Morgan fingerprint density at radius 1 is 1.12 bits per heavy atom. The van der Waals surface area contributed by atoms with Gasteiger partial charge in [-0.1, -0.05) is 0 Å². The maximum absolute atomic E-state index is 10.6. The SMILES string of the molecule is CC(C)(C)OOC(C)(C)CCOC(=O)C=O. The zero-order valence-corrected chi connectivity index (χ0v) is 10.5. The van der Waals surface area contributed by atoms with E-state index in [0.717, 1.165) is 0 Å². The summed E-state index contributed by atoms with van der Waals surface area (Å²) in [5.41, 5.74) is -0.965. The molecular weight excluding hydrogens is 212 g/mol. The Bertz CT molecular complexity index is 239. The number of aldehydes is 1. The number of carbonyl (C=O) groups is 2. The second-order valence-corrected chi connectivity index (χ2v) is 5.07. The Labute approximate surface area is 96.0 Å². The molecular formula is C11H20O5. The van der Waals surface area contributed by atoms with Crippen LogP contribution in [0.25, 0.3) is 0 Å². The number of rotatable bonds is 6. The molecule has 0 aliphatic heterocycles. The maximum Gasteiger partial charge on any atom is 0.371 e. The van der Waals surface area contributed by atoms with E-state index in [1.807, 2.05) is 34.6 Å². The molecule has 94 valence electrons. The van der Waals surface area contributed by atoms with Crippen LogP contribution in [0.15, 0.2) is 0 Å². The van der Waals surface area contributed by atoms with Crippen molar-refractivity contribution in [2.45, 2.75) is 52.2 Å². The smallest absolute Gasteiger partial charge is 0.371 e. The molecule has 0 spiro atoms. The van der Waals surface area contributed by atoms with Gasteiger partial charge in [0.1, 0.15) is 5.60 Å². The Kier molecular flexibility index (Phi) is 5.61. The van der Waals surface area contributed by atoms with E-state index in [1.54, 1.807) is 0 Å². The van der Waals surface area contributed by atoms with Crippen LogP contribution in [0.3, 0.4) is 0 Å². The minimum Gasteiger partial charge on any atom is -0.460 e. The van der Waals surface area contributed by atoms with E-state index >= 15 is 0 Å². The lowest BCUT2D eigenvalue weighted by Crippen LogP contribution is -2.32. The first kappa shape index (κ1) is 15.1. The summed E-state index contributed by atoms with van der Waals surface area (Å²) < 4.78 is 4.62. The topological polar surface area (TPSA) is 61.8 Å². The molecule has 0 unspecified atom stereocenters. The predicted octanol–water partition coefficient (Wildman–Crippen LogP) is 1.64. The van der Waals surface area contributed by atoms with Crippen LogP contribution in [0.1, 0.15) is 41.0 Å². The van der Waals surface area contributed by atoms with Crippen LogP contribution < -0.4 is 0 Å². The van der Waals surface area contributed by atoms with Gasteiger partial charge in [0.15, 0.2) is 0 Å². The third kappa shape index (κ3) is 8.38. The molecule has 0 aromatic carbocycles. The quantitative estimate of drug-likeness (QED) is 0.229. The lowest BCUT2D eigenvalue weighted by atomic mass is 10.1. The second kappa shape index (κ2) is 5.96. The molecule has 0 aliphatic rings. The van der Waals surface area contributed by atoms with Crippen LogP contribution in [-0.4, -0.2) is 30.1 Å². The lowest BCUT2D eigenvalue weighted by Gasteiger charge is -2.28. The van der Waals surface area contributed by atoms with Crippen molar-refractivity contribution in [1.82, 2.24) is 0 Å². The standard InChI is InChI=1S/C11H20O5/c1-10(2,3)15-16-11(4,5)6-7-14-9(13)8-12/h8H,6-7H2,1-5H3. The third-order valence-corrected chi connectivity index (χ3v) is 1.56. The molecule has 0 saturated carbocycles. The molecule has 0 bridgehead atoms. The van der Waals surface area contributed by atoms with Crippen molar-refractivity contribution in [3.05, 3.63) is 0 Å². The summed E-state index contributed by atoms with van der Waals surface area (Å²) in [7, 11) is 0. The summed E-state index contributed by atoms with van der Waals surface area (Å²) in [6.45, 7) is 9.36. The van der Waals surface area contributed by atoms with Gasteiger partial charge in [0.2, 0.25) is 6.29 Å². The monoisotopic (exact) mass is 232 g/mol. The fourth-order valence-corrected chi connectivity index (χ4v) is 0.711. The number of hydrogen-bond donors (Lipinski definition) is 0. The molecule has 0 saturated heterocycles. The van der Waals surface area contributed by atoms with Gasteiger partial charge in [0, 0.05) is 6.42 Å². The maximum atomic E-state index is 10.6. The highest BCUT2D eigenvalue weighted by Gasteiger charge is 2.24. The van der Waals surface area contributed by atoms with Crippen LogP contribution in [0.4, 0.5) is 0 Å². The Balaban J connectivity index is 3.87. The van der Waals surface area contributed by atoms with E-state index < -0.39 is 17.2 Å². The van der Waals surface area contributed by atoms with Gasteiger partial charge in [0.05, 0.1) is 12.2 Å². The average molecular weight is 232 g/mol. The molecule has 0 fully saturated rings. The second-order valence-electron chi connectivity index (χ2n) is 5.07. The van der Waals surface area contributed by atoms with Gasteiger partial charge in [-0.05, 0) is 34.6 Å². The minimum absolute atomic E-state index is 0.123. The van der Waals surface area contributed by atoms with E-state index in [1.165, 1.54) is 0 Å². The number of hydrogen-bond acceptors (Lipinski definition) is 5. The highest BCUT2D eigenvalue weighted by atomic mass is 17.2. The van der Waals surface area contributed by atoms with Gasteiger partial charge < -0.3 is 4.74 Å². The molecule has 16 heavy (non-hydrogen) atoms. The van der Waals surface area contributed by atoms with E-state index in [2.05, 4.69) is 4.74 Å². The summed E-state index contributed by atoms with van der Waals surface area (Å²) in [5.74, 6) is -0.868. The van der Waals surface area contributed by atoms with Crippen molar-refractivity contribution in [3.63, 3.8) is 0 Å². The molecule has 0 aromatic heterocycles. The Morgan fingerprint density at radius 3 is 2.12 bits per heavy atom. The van der Waals surface area contributed by atoms with Gasteiger partial charge in [-0.15, -0.1) is 0 Å². The fraction of sp³-hybridized carbons (Fsp3) is 0.818. The van der Waals surface area contributed by atoms with Crippen molar-refractivity contribution in [3.8, 4) is 0 Å². The van der Waals surface area contributed by atoms with Crippen LogP contribution >= 0.6 is 0 Å². The third-order valence-electron chi connectivity index (χ3n) is 1.56. The molecule has 0 aliphatic carbocycles. The van der Waals surface area contributed by atoms with Crippen LogP contribution in [0.2, 0.25) is 0 Å². The van der Waals surface area contributed by atoms with E-state index in [-0.39, 0.29) is 12.9 Å². The number of esters is 1. The van der Waals surface area contributed by atoms with Gasteiger partial charge in [-0.25, -0.2) is 14.6 Å². The summed E-state index contributed by atoms with van der Waals surface area (Å²) in [4.78, 5) is 30.9. The van der Waals surface area contributed by atoms with Crippen molar-refractivity contribution in [2.75, 3.05) is 6.61 Å². The summed E-state index contributed by atoms with van der Waals surface area (Å²) in [6, 6.07) is 0.